The number of hydrogen-bond donors (Lipinski definition) is 0. The van der Waals surface area contributed by atoms with Gasteiger partial charge in [-0.3, -0.25) is 0 Å². The summed E-state index contributed by atoms with van der Waals surface area (Å²) >= 11 is -3.06. The summed E-state index contributed by atoms with van der Waals surface area (Å²) in [5, 5.41) is 0. The standard InChI is InChI=1S/C19H21IO6/c1-10-4-11(2)17(12(3)5-10)20(25-18(23)13-6-15(21)7-13)26-19(24)14-8-16(22)9-14/h4-5,13-14H,6-9H2,1-3H3. The monoisotopic (exact) mass is 472 g/mol. The number of halogens is 1. The second kappa shape index (κ2) is 7.46. The molecule has 6 nitrogen and oxygen atoms in total. The minimum absolute atomic E-state index is 0.0416. The van der Waals surface area contributed by atoms with E-state index in [1.807, 2.05) is 32.9 Å². The van der Waals surface area contributed by atoms with E-state index in [1.165, 1.54) is 0 Å². The van der Waals surface area contributed by atoms with E-state index in [1.54, 1.807) is 0 Å². The molecule has 0 aromatic heterocycles. The first-order valence-corrected chi connectivity index (χ1v) is 11.3. The number of ketones is 2. The molecule has 26 heavy (non-hydrogen) atoms. The molecular weight excluding hydrogens is 451 g/mol. The van der Waals surface area contributed by atoms with Crippen LogP contribution in [0.5, 0.6) is 0 Å². The number of rotatable bonds is 5. The topological polar surface area (TPSA) is 86.7 Å². The summed E-state index contributed by atoms with van der Waals surface area (Å²) in [4.78, 5) is 47.0. The van der Waals surface area contributed by atoms with Crippen molar-refractivity contribution < 1.29 is 25.3 Å². The van der Waals surface area contributed by atoms with Crippen molar-refractivity contribution in [3.05, 3.63) is 32.4 Å². The van der Waals surface area contributed by atoms with Crippen molar-refractivity contribution in [1.29, 1.82) is 0 Å². The van der Waals surface area contributed by atoms with Gasteiger partial charge in [0.1, 0.15) is 0 Å². The van der Waals surface area contributed by atoms with Gasteiger partial charge in [0.15, 0.2) is 0 Å². The van der Waals surface area contributed by atoms with Crippen molar-refractivity contribution in [2.45, 2.75) is 46.5 Å². The van der Waals surface area contributed by atoms with Crippen LogP contribution in [0.25, 0.3) is 0 Å². The summed E-state index contributed by atoms with van der Waals surface area (Å²) in [5.74, 6) is -1.71. The summed E-state index contributed by atoms with van der Waals surface area (Å²) < 4.78 is 12.1. The zero-order valence-corrected chi connectivity index (χ0v) is 17.1. The molecule has 1 aromatic rings. The van der Waals surface area contributed by atoms with Gasteiger partial charge >= 0.3 is 160 Å². The van der Waals surface area contributed by atoms with Crippen molar-refractivity contribution in [3.8, 4) is 0 Å². The third kappa shape index (κ3) is 3.97. The maximum atomic E-state index is 12.4. The molecule has 0 aliphatic heterocycles. The summed E-state index contributed by atoms with van der Waals surface area (Å²) in [7, 11) is 0. The Bertz CT molecular complexity index is 722. The van der Waals surface area contributed by atoms with E-state index < -0.39 is 44.4 Å². The van der Waals surface area contributed by atoms with Gasteiger partial charge in [-0.2, -0.15) is 0 Å². The molecule has 140 valence electrons. The zero-order chi connectivity index (χ0) is 19.0. The number of benzene rings is 1. The normalized spacial score (nSPS) is 18.0. The molecular formula is C19H21IO6. The van der Waals surface area contributed by atoms with Crippen molar-refractivity contribution in [2.24, 2.45) is 11.8 Å². The number of aryl methyl sites for hydroxylation is 3. The molecule has 2 saturated carbocycles. The van der Waals surface area contributed by atoms with Crippen LogP contribution in [0.2, 0.25) is 0 Å². The van der Waals surface area contributed by atoms with Crippen LogP contribution < -0.4 is 0 Å². The van der Waals surface area contributed by atoms with E-state index >= 15 is 0 Å². The van der Waals surface area contributed by atoms with E-state index in [0.29, 0.717) is 0 Å². The van der Waals surface area contributed by atoms with Crippen LogP contribution in [0.3, 0.4) is 0 Å². The second-order valence-electron chi connectivity index (χ2n) is 7.01. The predicted molar refractivity (Wildman–Crippen MR) is 101 cm³/mol. The predicted octanol–water partition coefficient (Wildman–Crippen LogP) is 3.16. The average Bonchev–Trinajstić information content (AvgIpc) is 2.47. The van der Waals surface area contributed by atoms with Crippen LogP contribution in [-0.2, 0) is 25.3 Å². The minimum atomic E-state index is -3.06. The number of hydrogen-bond acceptors (Lipinski definition) is 6. The van der Waals surface area contributed by atoms with Gasteiger partial charge in [-0.1, -0.05) is 0 Å². The fourth-order valence-corrected chi connectivity index (χ4v) is 6.81. The molecule has 0 heterocycles. The van der Waals surface area contributed by atoms with Gasteiger partial charge in [-0.15, -0.1) is 0 Å². The Hall–Kier alpha value is -1.77. The Labute approximate surface area is 160 Å². The molecule has 3 rings (SSSR count). The third-order valence-electron chi connectivity index (χ3n) is 4.59. The van der Waals surface area contributed by atoms with Crippen LogP contribution in [-0.4, -0.2) is 23.5 Å². The van der Waals surface area contributed by atoms with Crippen molar-refractivity contribution in [3.63, 3.8) is 0 Å². The van der Waals surface area contributed by atoms with E-state index in [0.717, 1.165) is 20.3 Å². The number of Topliss-reactive ketones (excluding diaryl/α,β-unsaturated/α-hetero) is 2. The van der Waals surface area contributed by atoms with Gasteiger partial charge < -0.3 is 0 Å². The van der Waals surface area contributed by atoms with Gasteiger partial charge in [-0.05, 0) is 0 Å². The fraction of sp³-hybridized carbons (Fsp3) is 0.474. The molecule has 0 unspecified atom stereocenters. The summed E-state index contributed by atoms with van der Waals surface area (Å²) in [6.07, 6.45) is 0.777. The molecule has 1 aromatic carbocycles. The Kier molecular flexibility index (Phi) is 5.45. The van der Waals surface area contributed by atoms with Gasteiger partial charge in [0.05, 0.1) is 0 Å². The summed E-state index contributed by atoms with van der Waals surface area (Å²) in [6, 6.07) is 3.93. The van der Waals surface area contributed by atoms with E-state index in [2.05, 4.69) is 0 Å². The van der Waals surface area contributed by atoms with Crippen LogP contribution in [0.4, 0.5) is 0 Å². The Morgan fingerprint density at radius 2 is 1.23 bits per heavy atom. The van der Waals surface area contributed by atoms with Crippen molar-refractivity contribution in [1.82, 2.24) is 0 Å². The molecule has 7 heteroatoms. The first kappa shape index (κ1) is 19.0. The first-order valence-electron chi connectivity index (χ1n) is 8.50. The fourth-order valence-electron chi connectivity index (χ4n) is 3.08. The van der Waals surface area contributed by atoms with E-state index in [9.17, 15) is 19.2 Å². The van der Waals surface area contributed by atoms with Gasteiger partial charge in [-0.25, -0.2) is 0 Å². The van der Waals surface area contributed by atoms with Gasteiger partial charge in [0, 0.05) is 0 Å². The molecule has 0 spiro atoms. The van der Waals surface area contributed by atoms with Crippen LogP contribution in [0, 0.1) is 36.2 Å². The Morgan fingerprint density at radius 3 is 1.58 bits per heavy atom. The molecule has 2 aliphatic carbocycles. The molecule has 2 fully saturated rings. The first-order chi connectivity index (χ1) is 12.2. The summed E-state index contributed by atoms with van der Waals surface area (Å²) in [5.41, 5.74) is 2.91. The molecule has 0 amide bonds. The average molecular weight is 472 g/mol. The van der Waals surface area contributed by atoms with Crippen LogP contribution in [0.15, 0.2) is 12.1 Å². The zero-order valence-electron chi connectivity index (χ0n) is 15.0. The molecule has 0 N–H and O–H groups in total. The molecule has 0 radical (unpaired) electrons. The molecule has 0 atom stereocenters. The van der Waals surface area contributed by atoms with E-state index in [-0.39, 0.29) is 37.2 Å². The summed E-state index contributed by atoms with van der Waals surface area (Å²) in [6.45, 7) is 5.78. The Balaban J connectivity index is 1.81. The number of carbonyl (C=O) groups is 4. The van der Waals surface area contributed by atoms with Crippen molar-refractivity contribution in [2.75, 3.05) is 0 Å². The van der Waals surface area contributed by atoms with Gasteiger partial charge in [0.25, 0.3) is 0 Å². The van der Waals surface area contributed by atoms with Crippen LogP contribution in [0.1, 0.15) is 42.4 Å². The van der Waals surface area contributed by atoms with Crippen LogP contribution >= 0.6 is 20.6 Å². The third-order valence-corrected chi connectivity index (χ3v) is 8.84. The molecule has 0 saturated heterocycles. The number of carbonyl (C=O) groups excluding carboxylic acids is 4. The van der Waals surface area contributed by atoms with Crippen molar-refractivity contribution >= 4 is 44.2 Å². The van der Waals surface area contributed by atoms with Gasteiger partial charge in [0.2, 0.25) is 0 Å². The molecule has 0 bridgehead atoms. The van der Waals surface area contributed by atoms with E-state index in [4.69, 9.17) is 6.13 Å². The Morgan fingerprint density at radius 1 is 0.846 bits per heavy atom. The quantitative estimate of drug-likeness (QED) is 0.613. The molecule has 2 aliphatic rings. The SMILES string of the molecule is Cc1cc(C)c(I(OC(=O)C2CC(=O)C2)OC(=O)C2CC(=O)C2)c(C)c1. The second-order valence-corrected chi connectivity index (χ2v) is 10.2. The maximum absolute atomic E-state index is 12.4.